The zero-order chi connectivity index (χ0) is 23.4. The number of halogens is 1. The van der Waals surface area contributed by atoms with Gasteiger partial charge in [-0.2, -0.15) is 5.10 Å². The van der Waals surface area contributed by atoms with E-state index in [9.17, 15) is 14.0 Å². The molecular formula is C23H22FN5O4. The van der Waals surface area contributed by atoms with Crippen LogP contribution in [-0.4, -0.2) is 57.4 Å². The van der Waals surface area contributed by atoms with Gasteiger partial charge in [-0.05, 0) is 42.7 Å². The van der Waals surface area contributed by atoms with E-state index in [0.717, 1.165) is 11.3 Å². The number of anilines is 1. The minimum absolute atomic E-state index is 0.128. The summed E-state index contributed by atoms with van der Waals surface area (Å²) in [4.78, 5) is 29.8. The van der Waals surface area contributed by atoms with Gasteiger partial charge < -0.3 is 14.7 Å². The van der Waals surface area contributed by atoms with Gasteiger partial charge in [0.25, 0.3) is 5.91 Å². The van der Waals surface area contributed by atoms with Gasteiger partial charge in [-0.1, -0.05) is 12.1 Å². The SMILES string of the molecule is COc1cc(C(=O)N2CCC(c3ccc(NC(=O)O)nn3)CC2)ncc1-c1ccc(F)cc1. The molecule has 1 saturated heterocycles. The Kier molecular flexibility index (Phi) is 6.43. The van der Waals surface area contributed by atoms with Crippen LogP contribution >= 0.6 is 0 Å². The molecule has 2 N–H and O–H groups in total. The molecule has 0 aliphatic carbocycles. The number of benzene rings is 1. The van der Waals surface area contributed by atoms with Crippen molar-refractivity contribution < 1.29 is 23.8 Å². The Bertz CT molecular complexity index is 1150. The first kappa shape index (κ1) is 22.1. The molecule has 0 unspecified atom stereocenters. The fraction of sp³-hybridized carbons (Fsp3) is 0.261. The Morgan fingerprint density at radius 1 is 1.12 bits per heavy atom. The Morgan fingerprint density at radius 2 is 1.85 bits per heavy atom. The minimum atomic E-state index is -1.19. The number of carbonyl (C=O) groups is 2. The average Bonchev–Trinajstić information content (AvgIpc) is 2.84. The predicted molar refractivity (Wildman–Crippen MR) is 118 cm³/mol. The normalized spacial score (nSPS) is 14.1. The molecule has 1 aliphatic heterocycles. The van der Waals surface area contributed by atoms with Crippen molar-refractivity contribution in [3.05, 3.63) is 65.9 Å². The predicted octanol–water partition coefficient (Wildman–Crippen LogP) is 3.80. The lowest BCUT2D eigenvalue weighted by Gasteiger charge is -2.31. The van der Waals surface area contributed by atoms with Gasteiger partial charge in [-0.3, -0.25) is 15.1 Å². The van der Waals surface area contributed by atoms with Crippen LogP contribution in [0.25, 0.3) is 11.1 Å². The highest BCUT2D eigenvalue weighted by molar-refractivity contribution is 5.93. The van der Waals surface area contributed by atoms with E-state index < -0.39 is 6.09 Å². The molecule has 4 rings (SSSR count). The van der Waals surface area contributed by atoms with Gasteiger partial charge in [0.15, 0.2) is 5.82 Å². The first-order valence-electron chi connectivity index (χ1n) is 10.4. The van der Waals surface area contributed by atoms with Crippen molar-refractivity contribution in [2.45, 2.75) is 18.8 Å². The van der Waals surface area contributed by atoms with Gasteiger partial charge in [0.05, 0.1) is 12.8 Å². The van der Waals surface area contributed by atoms with Gasteiger partial charge in [-0.25, -0.2) is 9.18 Å². The standard InChI is InChI=1S/C23H22FN5O4/c1-33-20-12-19(25-13-17(20)14-2-4-16(24)5-3-14)22(30)29-10-8-15(9-11-29)18-6-7-21(28-27-18)26-23(31)32/h2-7,12-13,15H,8-11H2,1H3,(H,26,28)(H,31,32). The molecule has 170 valence electrons. The number of hydrogen-bond acceptors (Lipinski definition) is 6. The van der Waals surface area contributed by atoms with E-state index in [2.05, 4.69) is 20.5 Å². The summed E-state index contributed by atoms with van der Waals surface area (Å²) in [6.07, 6.45) is 1.78. The molecule has 3 heterocycles. The van der Waals surface area contributed by atoms with E-state index in [-0.39, 0.29) is 29.2 Å². The molecule has 2 amide bonds. The summed E-state index contributed by atoms with van der Waals surface area (Å²) < 4.78 is 18.7. The fourth-order valence-corrected chi connectivity index (χ4v) is 3.85. The number of carbonyl (C=O) groups excluding carboxylic acids is 1. The molecule has 0 atom stereocenters. The summed E-state index contributed by atoms with van der Waals surface area (Å²) in [6, 6.07) is 10.9. The van der Waals surface area contributed by atoms with E-state index in [1.54, 1.807) is 41.4 Å². The molecule has 0 bridgehead atoms. The Hall–Kier alpha value is -4.08. The van der Waals surface area contributed by atoms with Crippen molar-refractivity contribution in [1.29, 1.82) is 0 Å². The van der Waals surface area contributed by atoms with Crippen LogP contribution in [0.4, 0.5) is 15.0 Å². The first-order valence-corrected chi connectivity index (χ1v) is 10.4. The van der Waals surface area contributed by atoms with Gasteiger partial charge in [-0.15, -0.1) is 5.10 Å². The fourth-order valence-electron chi connectivity index (χ4n) is 3.85. The maximum Gasteiger partial charge on any atom is 0.410 e. The second kappa shape index (κ2) is 9.60. The lowest BCUT2D eigenvalue weighted by atomic mass is 9.93. The topological polar surface area (TPSA) is 118 Å². The van der Waals surface area contributed by atoms with Crippen LogP contribution in [0.3, 0.4) is 0 Å². The number of carboxylic acid groups (broad SMARTS) is 1. The number of methoxy groups -OCH3 is 1. The summed E-state index contributed by atoms with van der Waals surface area (Å²) in [7, 11) is 1.51. The number of piperidine rings is 1. The van der Waals surface area contributed by atoms with Crippen LogP contribution in [0, 0.1) is 5.82 Å². The highest BCUT2D eigenvalue weighted by Gasteiger charge is 2.27. The Labute approximate surface area is 189 Å². The van der Waals surface area contributed by atoms with Crippen molar-refractivity contribution in [1.82, 2.24) is 20.1 Å². The molecular weight excluding hydrogens is 429 g/mol. The number of likely N-dealkylation sites (tertiary alicyclic amines) is 1. The second-order valence-corrected chi connectivity index (χ2v) is 7.62. The molecule has 3 aromatic rings. The number of pyridine rings is 1. The molecule has 1 aromatic carbocycles. The van der Waals surface area contributed by atoms with E-state index in [1.807, 2.05) is 0 Å². The van der Waals surface area contributed by atoms with Crippen LogP contribution in [-0.2, 0) is 0 Å². The summed E-state index contributed by atoms with van der Waals surface area (Å²) in [5.74, 6) is 0.260. The third-order valence-electron chi connectivity index (χ3n) is 5.58. The van der Waals surface area contributed by atoms with Crippen LogP contribution in [0.5, 0.6) is 5.75 Å². The highest BCUT2D eigenvalue weighted by atomic mass is 19.1. The summed E-state index contributed by atoms with van der Waals surface area (Å²) in [6.45, 7) is 1.06. The number of amides is 2. The number of rotatable bonds is 5. The first-order chi connectivity index (χ1) is 15.9. The smallest absolute Gasteiger partial charge is 0.410 e. The molecule has 1 fully saturated rings. The lowest BCUT2D eigenvalue weighted by molar-refractivity contribution is 0.0705. The highest BCUT2D eigenvalue weighted by Crippen LogP contribution is 2.31. The summed E-state index contributed by atoms with van der Waals surface area (Å²) >= 11 is 0. The summed E-state index contributed by atoms with van der Waals surface area (Å²) in [5.41, 5.74) is 2.46. The maximum atomic E-state index is 13.2. The summed E-state index contributed by atoms with van der Waals surface area (Å²) in [5, 5.41) is 18.9. The van der Waals surface area contributed by atoms with E-state index >= 15 is 0 Å². The average molecular weight is 451 g/mol. The molecule has 0 saturated carbocycles. The Morgan fingerprint density at radius 3 is 2.45 bits per heavy atom. The number of aromatic nitrogens is 3. The molecule has 1 aliphatic rings. The zero-order valence-electron chi connectivity index (χ0n) is 17.9. The van der Waals surface area contributed by atoms with Gasteiger partial charge in [0, 0.05) is 36.8 Å². The number of hydrogen-bond donors (Lipinski definition) is 2. The van der Waals surface area contributed by atoms with E-state index in [0.29, 0.717) is 37.2 Å². The maximum absolute atomic E-state index is 13.2. The molecule has 33 heavy (non-hydrogen) atoms. The monoisotopic (exact) mass is 451 g/mol. The van der Waals surface area contributed by atoms with Crippen LogP contribution in [0.1, 0.15) is 34.9 Å². The van der Waals surface area contributed by atoms with Crippen molar-refractivity contribution in [3.8, 4) is 16.9 Å². The van der Waals surface area contributed by atoms with Crippen molar-refractivity contribution >= 4 is 17.8 Å². The van der Waals surface area contributed by atoms with Crippen molar-refractivity contribution in [2.24, 2.45) is 0 Å². The van der Waals surface area contributed by atoms with E-state index in [4.69, 9.17) is 9.84 Å². The van der Waals surface area contributed by atoms with Crippen LogP contribution in [0.2, 0.25) is 0 Å². The van der Waals surface area contributed by atoms with Crippen LogP contribution in [0.15, 0.2) is 48.7 Å². The van der Waals surface area contributed by atoms with E-state index in [1.165, 1.54) is 19.2 Å². The lowest BCUT2D eigenvalue weighted by Crippen LogP contribution is -2.38. The molecule has 10 heteroatoms. The minimum Gasteiger partial charge on any atom is -0.496 e. The second-order valence-electron chi connectivity index (χ2n) is 7.62. The molecule has 0 radical (unpaired) electrons. The largest absolute Gasteiger partial charge is 0.496 e. The third-order valence-corrected chi connectivity index (χ3v) is 5.58. The third kappa shape index (κ3) is 5.05. The van der Waals surface area contributed by atoms with Gasteiger partial charge in [0.1, 0.15) is 17.3 Å². The quantitative estimate of drug-likeness (QED) is 0.606. The number of nitrogens with zero attached hydrogens (tertiary/aromatic N) is 4. The van der Waals surface area contributed by atoms with Crippen molar-refractivity contribution in [2.75, 3.05) is 25.5 Å². The van der Waals surface area contributed by atoms with Crippen molar-refractivity contribution in [3.63, 3.8) is 0 Å². The van der Waals surface area contributed by atoms with Gasteiger partial charge >= 0.3 is 6.09 Å². The Balaban J connectivity index is 1.42. The molecule has 9 nitrogen and oxygen atoms in total. The number of ether oxygens (including phenoxy) is 1. The zero-order valence-corrected chi connectivity index (χ0v) is 17.9. The van der Waals surface area contributed by atoms with Crippen LogP contribution < -0.4 is 10.1 Å². The number of nitrogens with one attached hydrogen (secondary N) is 1. The molecule has 0 spiro atoms. The van der Waals surface area contributed by atoms with Gasteiger partial charge in [0.2, 0.25) is 0 Å². The molecule has 2 aromatic heterocycles.